The van der Waals surface area contributed by atoms with Crippen molar-refractivity contribution in [3.63, 3.8) is 0 Å². The first-order valence-corrected chi connectivity index (χ1v) is 3.69. The van der Waals surface area contributed by atoms with Gasteiger partial charge in [-0.2, -0.15) is 5.26 Å². The van der Waals surface area contributed by atoms with Gasteiger partial charge in [0.15, 0.2) is 0 Å². The number of carbonyl (C=O) groups is 1. The summed E-state index contributed by atoms with van der Waals surface area (Å²) < 4.78 is 4.78. The summed E-state index contributed by atoms with van der Waals surface area (Å²) in [6, 6.07) is 1.96. The topological polar surface area (TPSA) is 62.1 Å². The number of amides is 1. The van der Waals surface area contributed by atoms with Gasteiger partial charge < -0.3 is 10.1 Å². The lowest BCUT2D eigenvalue weighted by atomic mass is 10.1. The maximum Gasteiger partial charge on any atom is 0.250 e. The van der Waals surface area contributed by atoms with Gasteiger partial charge in [0.2, 0.25) is 5.91 Å². The van der Waals surface area contributed by atoms with Gasteiger partial charge >= 0.3 is 0 Å². The first-order valence-electron chi connectivity index (χ1n) is 3.69. The fraction of sp³-hybridized carbons (Fsp3) is 0.750. The van der Waals surface area contributed by atoms with E-state index >= 15 is 0 Å². The van der Waals surface area contributed by atoms with Crippen LogP contribution in [0.15, 0.2) is 0 Å². The van der Waals surface area contributed by atoms with Crippen molar-refractivity contribution in [3.8, 4) is 6.07 Å². The lowest BCUT2D eigenvalue weighted by Gasteiger charge is -2.19. The van der Waals surface area contributed by atoms with Crippen molar-refractivity contribution in [2.45, 2.75) is 32.4 Å². The second-order valence-electron chi connectivity index (χ2n) is 3.10. The predicted molar refractivity (Wildman–Crippen MR) is 44.3 cm³/mol. The zero-order valence-electron chi connectivity index (χ0n) is 7.84. The highest BCUT2D eigenvalue weighted by atomic mass is 16.5. The number of carbonyl (C=O) groups excluding carboxylic acids is 1. The highest BCUT2D eigenvalue weighted by molar-refractivity contribution is 5.81. The van der Waals surface area contributed by atoms with Gasteiger partial charge in [-0.15, -0.1) is 0 Å². The Balaban J connectivity index is 4.12. The van der Waals surface area contributed by atoms with Crippen LogP contribution in [-0.2, 0) is 9.53 Å². The fourth-order valence-corrected chi connectivity index (χ4v) is 0.545. The molecule has 12 heavy (non-hydrogen) atoms. The summed E-state index contributed by atoms with van der Waals surface area (Å²) in [4.78, 5) is 11.2. The standard InChI is InChI=1S/C8H14N2O2/c1-6(12-4)7(11)10-8(2,3)5-9/h6H,1-4H3,(H,10,11). The van der Waals surface area contributed by atoms with Crippen LogP contribution in [0.4, 0.5) is 0 Å². The van der Waals surface area contributed by atoms with Crippen LogP contribution in [0, 0.1) is 11.3 Å². The van der Waals surface area contributed by atoms with Crippen molar-refractivity contribution >= 4 is 5.91 Å². The van der Waals surface area contributed by atoms with Crippen molar-refractivity contribution in [3.05, 3.63) is 0 Å². The molecule has 0 rings (SSSR count). The van der Waals surface area contributed by atoms with E-state index in [1.165, 1.54) is 7.11 Å². The minimum absolute atomic E-state index is 0.274. The number of nitrogens with one attached hydrogen (secondary N) is 1. The summed E-state index contributed by atoms with van der Waals surface area (Å²) in [6.45, 7) is 4.89. The third-order valence-corrected chi connectivity index (χ3v) is 1.44. The second-order valence-corrected chi connectivity index (χ2v) is 3.10. The molecule has 68 valence electrons. The zero-order valence-corrected chi connectivity index (χ0v) is 7.84. The molecule has 0 aliphatic rings. The molecule has 1 amide bonds. The van der Waals surface area contributed by atoms with Gasteiger partial charge in [0, 0.05) is 7.11 Å². The highest BCUT2D eigenvalue weighted by Crippen LogP contribution is 2.00. The van der Waals surface area contributed by atoms with E-state index in [9.17, 15) is 4.79 Å². The van der Waals surface area contributed by atoms with Gasteiger partial charge in [-0.1, -0.05) is 0 Å². The van der Waals surface area contributed by atoms with Crippen LogP contribution < -0.4 is 5.32 Å². The second kappa shape index (κ2) is 4.07. The van der Waals surface area contributed by atoms with Crippen LogP contribution in [0.3, 0.4) is 0 Å². The molecule has 0 aliphatic carbocycles. The molecule has 0 saturated heterocycles. The number of nitrogens with zero attached hydrogens (tertiary/aromatic N) is 1. The van der Waals surface area contributed by atoms with E-state index in [1.54, 1.807) is 20.8 Å². The van der Waals surface area contributed by atoms with Gasteiger partial charge in [-0.3, -0.25) is 4.79 Å². The molecule has 0 fully saturated rings. The molecule has 0 aliphatic heterocycles. The predicted octanol–water partition coefficient (Wildman–Crippen LogP) is 0.440. The highest BCUT2D eigenvalue weighted by Gasteiger charge is 2.22. The number of rotatable bonds is 3. The molecule has 0 radical (unpaired) electrons. The zero-order chi connectivity index (χ0) is 9.78. The van der Waals surface area contributed by atoms with E-state index in [4.69, 9.17) is 10.00 Å². The molecule has 0 aromatic carbocycles. The van der Waals surface area contributed by atoms with Gasteiger partial charge in [0.25, 0.3) is 0 Å². The smallest absolute Gasteiger partial charge is 0.250 e. The Morgan fingerprint density at radius 3 is 2.50 bits per heavy atom. The molecule has 0 spiro atoms. The summed E-state index contributed by atoms with van der Waals surface area (Å²) in [5.41, 5.74) is -0.829. The number of ether oxygens (including phenoxy) is 1. The average Bonchev–Trinajstić information content (AvgIpc) is 2.02. The molecule has 1 unspecified atom stereocenters. The van der Waals surface area contributed by atoms with Crippen LogP contribution in [0.25, 0.3) is 0 Å². The molecule has 4 heteroatoms. The van der Waals surface area contributed by atoms with Crippen molar-refractivity contribution < 1.29 is 9.53 Å². The van der Waals surface area contributed by atoms with Crippen LogP contribution in [0.1, 0.15) is 20.8 Å². The van der Waals surface area contributed by atoms with E-state index in [1.807, 2.05) is 6.07 Å². The Hall–Kier alpha value is -1.08. The Morgan fingerprint density at radius 2 is 2.17 bits per heavy atom. The molecule has 0 heterocycles. The Morgan fingerprint density at radius 1 is 1.67 bits per heavy atom. The number of hydrogen-bond donors (Lipinski definition) is 1. The van der Waals surface area contributed by atoms with Crippen molar-refractivity contribution in [2.75, 3.05) is 7.11 Å². The van der Waals surface area contributed by atoms with Gasteiger partial charge in [0.1, 0.15) is 11.6 Å². The van der Waals surface area contributed by atoms with E-state index in [2.05, 4.69) is 5.32 Å². The molecule has 1 atom stereocenters. The summed E-state index contributed by atoms with van der Waals surface area (Å²) in [5, 5.41) is 11.1. The number of methoxy groups -OCH3 is 1. The minimum atomic E-state index is -0.829. The molecular weight excluding hydrogens is 156 g/mol. The Labute approximate surface area is 72.5 Å². The normalized spacial score (nSPS) is 13.2. The van der Waals surface area contributed by atoms with Gasteiger partial charge in [0.05, 0.1) is 6.07 Å². The average molecular weight is 170 g/mol. The summed E-state index contributed by atoms with van der Waals surface area (Å²) in [5.74, 6) is -0.274. The maximum atomic E-state index is 11.2. The van der Waals surface area contributed by atoms with E-state index in [0.717, 1.165) is 0 Å². The van der Waals surface area contributed by atoms with E-state index in [-0.39, 0.29) is 5.91 Å². The molecule has 0 saturated carbocycles. The third kappa shape index (κ3) is 3.35. The van der Waals surface area contributed by atoms with Crippen LogP contribution in [-0.4, -0.2) is 24.7 Å². The molecule has 0 bridgehead atoms. The SMILES string of the molecule is COC(C)C(=O)NC(C)(C)C#N. The van der Waals surface area contributed by atoms with Gasteiger partial charge in [-0.25, -0.2) is 0 Å². The first-order chi connectivity index (χ1) is 5.43. The first kappa shape index (κ1) is 10.9. The number of hydrogen-bond acceptors (Lipinski definition) is 3. The summed E-state index contributed by atoms with van der Waals surface area (Å²) in [6.07, 6.45) is -0.516. The molecule has 1 N–H and O–H groups in total. The third-order valence-electron chi connectivity index (χ3n) is 1.44. The maximum absolute atomic E-state index is 11.2. The summed E-state index contributed by atoms with van der Waals surface area (Å²) >= 11 is 0. The molecular formula is C8H14N2O2. The Kier molecular flexibility index (Phi) is 3.71. The van der Waals surface area contributed by atoms with Gasteiger partial charge in [-0.05, 0) is 20.8 Å². The monoisotopic (exact) mass is 170 g/mol. The number of nitriles is 1. The molecule has 4 nitrogen and oxygen atoms in total. The van der Waals surface area contributed by atoms with Crippen LogP contribution >= 0.6 is 0 Å². The largest absolute Gasteiger partial charge is 0.372 e. The van der Waals surface area contributed by atoms with Crippen LogP contribution in [0.5, 0.6) is 0 Å². The lowest BCUT2D eigenvalue weighted by molar-refractivity contribution is -0.131. The lowest BCUT2D eigenvalue weighted by Crippen LogP contribution is -2.46. The minimum Gasteiger partial charge on any atom is -0.372 e. The van der Waals surface area contributed by atoms with Crippen molar-refractivity contribution in [1.82, 2.24) is 5.32 Å². The van der Waals surface area contributed by atoms with Crippen molar-refractivity contribution in [1.29, 1.82) is 5.26 Å². The Bertz CT molecular complexity index is 206. The van der Waals surface area contributed by atoms with E-state index < -0.39 is 11.6 Å². The summed E-state index contributed by atoms with van der Waals surface area (Å²) in [7, 11) is 1.45. The van der Waals surface area contributed by atoms with E-state index in [0.29, 0.717) is 0 Å². The van der Waals surface area contributed by atoms with Crippen molar-refractivity contribution in [2.24, 2.45) is 0 Å². The molecule has 0 aromatic heterocycles. The quantitative estimate of drug-likeness (QED) is 0.668. The fourth-order valence-electron chi connectivity index (χ4n) is 0.545. The van der Waals surface area contributed by atoms with Crippen LogP contribution in [0.2, 0.25) is 0 Å². The molecule has 0 aromatic rings.